The molecule has 0 aliphatic carbocycles. The highest BCUT2D eigenvalue weighted by Crippen LogP contribution is 2.24. The van der Waals surface area contributed by atoms with Crippen molar-refractivity contribution in [1.82, 2.24) is 4.98 Å². The molecular weight excluding hydrogens is 326 g/mol. The number of amides is 1. The third-order valence-electron chi connectivity index (χ3n) is 3.29. The van der Waals surface area contributed by atoms with E-state index in [0.717, 1.165) is 6.20 Å². The minimum absolute atomic E-state index is 0.102. The van der Waals surface area contributed by atoms with E-state index in [-0.39, 0.29) is 11.5 Å². The number of nitrogens with zero attached hydrogens (tertiary/aromatic N) is 2. The molecule has 0 aliphatic heterocycles. The Kier molecular flexibility index (Phi) is 5.89. The average Bonchev–Trinajstić information content (AvgIpc) is 2.55. The molecule has 2 rings (SSSR count). The van der Waals surface area contributed by atoms with E-state index < -0.39 is 10.8 Å². The number of benzene rings is 1. The zero-order valence-electron chi connectivity index (χ0n) is 14.2. The maximum absolute atomic E-state index is 12.5. The van der Waals surface area contributed by atoms with E-state index in [1.807, 2.05) is 13.8 Å². The third-order valence-corrected chi connectivity index (χ3v) is 3.29. The average molecular weight is 345 g/mol. The number of carbonyl (C=O) groups is 1. The summed E-state index contributed by atoms with van der Waals surface area (Å²) < 4.78 is 10.9. The number of nitro groups is 1. The number of pyridine rings is 1. The Morgan fingerprint density at radius 1 is 1.16 bits per heavy atom. The molecule has 0 spiro atoms. The van der Waals surface area contributed by atoms with Crippen molar-refractivity contribution in [1.29, 1.82) is 0 Å². The molecule has 8 nitrogen and oxygen atoms in total. The van der Waals surface area contributed by atoms with Crippen LogP contribution in [0.25, 0.3) is 0 Å². The molecule has 1 heterocycles. The van der Waals surface area contributed by atoms with Gasteiger partial charge in [-0.1, -0.05) is 0 Å². The number of anilines is 1. The number of rotatable bonds is 7. The quantitative estimate of drug-likeness (QED) is 0.609. The van der Waals surface area contributed by atoms with Crippen LogP contribution in [0.3, 0.4) is 0 Å². The lowest BCUT2D eigenvalue weighted by Gasteiger charge is -2.11. The maximum Gasteiger partial charge on any atom is 0.290 e. The van der Waals surface area contributed by atoms with Crippen LogP contribution in [0.1, 0.15) is 29.8 Å². The van der Waals surface area contributed by atoms with Gasteiger partial charge in [0.05, 0.1) is 18.1 Å². The van der Waals surface area contributed by atoms with Crippen molar-refractivity contribution in [3.63, 3.8) is 0 Å². The van der Waals surface area contributed by atoms with Gasteiger partial charge in [0.2, 0.25) is 0 Å². The van der Waals surface area contributed by atoms with Gasteiger partial charge in [-0.3, -0.25) is 14.9 Å². The van der Waals surface area contributed by atoms with E-state index in [1.54, 1.807) is 25.1 Å². The minimum Gasteiger partial charge on any atom is -0.494 e. The first kappa shape index (κ1) is 18.2. The Morgan fingerprint density at radius 2 is 1.76 bits per heavy atom. The van der Waals surface area contributed by atoms with Crippen molar-refractivity contribution in [2.75, 3.05) is 18.5 Å². The van der Waals surface area contributed by atoms with E-state index in [0.29, 0.717) is 35.8 Å². The van der Waals surface area contributed by atoms with Gasteiger partial charge in [-0.05, 0) is 39.0 Å². The van der Waals surface area contributed by atoms with Gasteiger partial charge < -0.3 is 14.8 Å². The van der Waals surface area contributed by atoms with Gasteiger partial charge in [-0.15, -0.1) is 0 Å². The number of ether oxygens (including phenoxy) is 2. The zero-order chi connectivity index (χ0) is 18.4. The summed E-state index contributed by atoms with van der Waals surface area (Å²) in [6.07, 6.45) is 1.12. The van der Waals surface area contributed by atoms with Crippen LogP contribution in [0.5, 0.6) is 11.5 Å². The highest BCUT2D eigenvalue weighted by atomic mass is 16.6. The van der Waals surface area contributed by atoms with Crippen LogP contribution < -0.4 is 14.8 Å². The second-order valence-corrected chi connectivity index (χ2v) is 5.13. The lowest BCUT2D eigenvalue weighted by molar-refractivity contribution is -0.385. The summed E-state index contributed by atoms with van der Waals surface area (Å²) in [5.41, 5.74) is 0.649. The van der Waals surface area contributed by atoms with Gasteiger partial charge >= 0.3 is 0 Å². The van der Waals surface area contributed by atoms with E-state index in [4.69, 9.17) is 9.47 Å². The second-order valence-electron chi connectivity index (χ2n) is 5.13. The first-order valence-corrected chi connectivity index (χ1v) is 7.77. The first-order valence-electron chi connectivity index (χ1n) is 7.77. The van der Waals surface area contributed by atoms with Crippen molar-refractivity contribution in [3.8, 4) is 11.5 Å². The van der Waals surface area contributed by atoms with Crippen LogP contribution in [-0.2, 0) is 0 Å². The first-order chi connectivity index (χ1) is 11.9. The molecule has 0 saturated heterocycles. The van der Waals surface area contributed by atoms with Crippen molar-refractivity contribution in [2.45, 2.75) is 20.8 Å². The summed E-state index contributed by atoms with van der Waals surface area (Å²) in [6.45, 7) is 6.19. The predicted molar refractivity (Wildman–Crippen MR) is 92.4 cm³/mol. The van der Waals surface area contributed by atoms with Crippen molar-refractivity contribution >= 4 is 17.4 Å². The van der Waals surface area contributed by atoms with E-state index in [2.05, 4.69) is 10.3 Å². The number of nitrogens with one attached hydrogen (secondary N) is 1. The molecule has 0 unspecified atom stereocenters. The standard InChI is InChI=1S/C17H19N3O5/c1-4-24-13-7-12(8-14(9-13)25-5-2)17(21)19-16-6-11(3)15(10-18-16)20(22)23/h6-10H,4-5H2,1-3H3,(H,18,19,21). The number of hydrogen-bond acceptors (Lipinski definition) is 6. The van der Waals surface area contributed by atoms with Crippen LogP contribution in [-0.4, -0.2) is 29.0 Å². The van der Waals surface area contributed by atoms with E-state index >= 15 is 0 Å². The Morgan fingerprint density at radius 3 is 2.24 bits per heavy atom. The maximum atomic E-state index is 12.5. The molecule has 0 fully saturated rings. The van der Waals surface area contributed by atoms with Crippen molar-refractivity contribution < 1.29 is 19.2 Å². The molecule has 0 bridgehead atoms. The highest BCUT2D eigenvalue weighted by Gasteiger charge is 2.15. The number of aromatic nitrogens is 1. The van der Waals surface area contributed by atoms with Crippen molar-refractivity contribution in [2.24, 2.45) is 0 Å². The van der Waals surface area contributed by atoms with Crippen LogP contribution in [0.2, 0.25) is 0 Å². The zero-order valence-corrected chi connectivity index (χ0v) is 14.2. The highest BCUT2D eigenvalue weighted by molar-refractivity contribution is 6.04. The second kappa shape index (κ2) is 8.09. The normalized spacial score (nSPS) is 10.2. The van der Waals surface area contributed by atoms with Crippen molar-refractivity contribution in [3.05, 3.63) is 51.7 Å². The predicted octanol–water partition coefficient (Wildman–Crippen LogP) is 3.35. The summed E-state index contributed by atoms with van der Waals surface area (Å²) in [5, 5.41) is 13.4. The molecule has 1 N–H and O–H groups in total. The monoisotopic (exact) mass is 345 g/mol. The molecule has 8 heteroatoms. The molecule has 2 aromatic rings. The molecule has 1 aromatic carbocycles. The lowest BCUT2D eigenvalue weighted by Crippen LogP contribution is -2.14. The van der Waals surface area contributed by atoms with Crippen LogP contribution in [0.15, 0.2) is 30.5 Å². The smallest absolute Gasteiger partial charge is 0.290 e. The summed E-state index contributed by atoms with van der Waals surface area (Å²) in [7, 11) is 0. The molecular formula is C17H19N3O5. The number of carbonyl (C=O) groups excluding carboxylic acids is 1. The summed E-state index contributed by atoms with van der Waals surface area (Å²) in [5.74, 6) is 0.856. The van der Waals surface area contributed by atoms with E-state index in [1.165, 1.54) is 6.07 Å². The Labute approximate surface area is 144 Å². The number of hydrogen-bond donors (Lipinski definition) is 1. The van der Waals surface area contributed by atoms with Gasteiger partial charge in [0.15, 0.2) is 0 Å². The van der Waals surface area contributed by atoms with Crippen LogP contribution >= 0.6 is 0 Å². The molecule has 1 aromatic heterocycles. The SMILES string of the molecule is CCOc1cc(OCC)cc(C(=O)Nc2cc(C)c([N+](=O)[O-])cn2)c1. The Hall–Kier alpha value is -3.16. The fraction of sp³-hybridized carbons (Fsp3) is 0.294. The summed E-state index contributed by atoms with van der Waals surface area (Å²) in [6, 6.07) is 6.35. The largest absolute Gasteiger partial charge is 0.494 e. The topological polar surface area (TPSA) is 104 Å². The minimum atomic E-state index is -0.520. The summed E-state index contributed by atoms with van der Waals surface area (Å²) in [4.78, 5) is 26.7. The molecule has 0 saturated carbocycles. The van der Waals surface area contributed by atoms with Crippen LogP contribution in [0, 0.1) is 17.0 Å². The van der Waals surface area contributed by atoms with Gasteiger partial charge in [-0.2, -0.15) is 0 Å². The molecule has 0 atom stereocenters. The van der Waals surface area contributed by atoms with Gasteiger partial charge in [0.25, 0.3) is 11.6 Å². The fourth-order valence-electron chi connectivity index (χ4n) is 2.20. The fourth-order valence-corrected chi connectivity index (χ4v) is 2.20. The Bertz CT molecular complexity index is 768. The van der Waals surface area contributed by atoms with Crippen LogP contribution in [0.4, 0.5) is 11.5 Å². The van der Waals surface area contributed by atoms with E-state index in [9.17, 15) is 14.9 Å². The van der Waals surface area contributed by atoms with Gasteiger partial charge in [0, 0.05) is 17.2 Å². The third kappa shape index (κ3) is 4.66. The van der Waals surface area contributed by atoms with Gasteiger partial charge in [-0.25, -0.2) is 4.98 Å². The lowest BCUT2D eigenvalue weighted by atomic mass is 10.2. The molecule has 25 heavy (non-hydrogen) atoms. The molecule has 0 radical (unpaired) electrons. The van der Waals surface area contributed by atoms with Gasteiger partial charge in [0.1, 0.15) is 23.5 Å². The summed E-state index contributed by atoms with van der Waals surface area (Å²) >= 11 is 0. The molecule has 0 aliphatic rings. The number of aryl methyl sites for hydroxylation is 1. The molecule has 132 valence electrons. The Balaban J connectivity index is 2.25. The molecule has 1 amide bonds.